The minimum Gasteiger partial charge on any atom is -0.206 e. The average Bonchev–Trinajstić information content (AvgIpc) is 2.70. The summed E-state index contributed by atoms with van der Waals surface area (Å²) in [5.41, 5.74) is 2.92. The van der Waals surface area contributed by atoms with Crippen LogP contribution in [0, 0.1) is 35.1 Å². The lowest BCUT2D eigenvalue weighted by Crippen LogP contribution is -2.13. The van der Waals surface area contributed by atoms with E-state index < -0.39 is 23.3 Å². The highest BCUT2D eigenvalue weighted by atomic mass is 19.2. The molecular weight excluding hydrogens is 376 g/mol. The van der Waals surface area contributed by atoms with Crippen molar-refractivity contribution >= 4 is 5.57 Å². The number of benzene rings is 2. The first-order chi connectivity index (χ1) is 13.8. The molecule has 154 valence electrons. The molecule has 0 saturated heterocycles. The molecule has 1 aliphatic carbocycles. The first kappa shape index (κ1) is 21.4. The van der Waals surface area contributed by atoms with E-state index in [0.29, 0.717) is 11.5 Å². The number of allylic oxidation sites excluding steroid dienone is 4. The van der Waals surface area contributed by atoms with E-state index in [9.17, 15) is 17.6 Å². The third-order valence-corrected chi connectivity index (χ3v) is 5.98. The predicted octanol–water partition coefficient (Wildman–Crippen LogP) is 8.09. The van der Waals surface area contributed by atoms with E-state index >= 15 is 0 Å². The average molecular weight is 402 g/mol. The molecule has 4 heteroatoms. The van der Waals surface area contributed by atoms with Crippen LogP contribution < -0.4 is 0 Å². The Morgan fingerprint density at radius 3 is 2.03 bits per heavy atom. The summed E-state index contributed by atoms with van der Waals surface area (Å²) in [4.78, 5) is 0. The van der Waals surface area contributed by atoms with Gasteiger partial charge in [-0.3, -0.25) is 0 Å². The van der Waals surface area contributed by atoms with Gasteiger partial charge in [-0.05, 0) is 73.4 Å². The lowest BCUT2D eigenvalue weighted by molar-refractivity contribution is 0.320. The molecule has 2 aromatic rings. The predicted molar refractivity (Wildman–Crippen MR) is 110 cm³/mol. The van der Waals surface area contributed by atoms with Gasteiger partial charge < -0.3 is 0 Å². The molecule has 0 aromatic heterocycles. The lowest BCUT2D eigenvalue weighted by atomic mass is 9.79. The van der Waals surface area contributed by atoms with Crippen LogP contribution in [-0.2, 0) is 0 Å². The van der Waals surface area contributed by atoms with Crippen molar-refractivity contribution in [3.63, 3.8) is 0 Å². The minimum absolute atomic E-state index is 0.0300. The van der Waals surface area contributed by atoms with Gasteiger partial charge in [-0.1, -0.05) is 49.6 Å². The van der Waals surface area contributed by atoms with E-state index in [4.69, 9.17) is 0 Å². The van der Waals surface area contributed by atoms with Crippen molar-refractivity contribution in [2.75, 3.05) is 0 Å². The number of rotatable bonds is 4. The van der Waals surface area contributed by atoms with Gasteiger partial charge in [0.2, 0.25) is 0 Å². The van der Waals surface area contributed by atoms with E-state index in [-0.39, 0.29) is 11.1 Å². The van der Waals surface area contributed by atoms with Crippen LogP contribution in [-0.4, -0.2) is 0 Å². The fraction of sp³-hybridized carbons (Fsp3) is 0.360. The molecule has 2 aromatic carbocycles. The van der Waals surface area contributed by atoms with Gasteiger partial charge in [0.15, 0.2) is 17.5 Å². The summed E-state index contributed by atoms with van der Waals surface area (Å²) in [5, 5.41) is 0. The van der Waals surface area contributed by atoms with E-state index in [0.717, 1.165) is 23.6 Å². The third kappa shape index (κ3) is 4.98. The Bertz CT molecular complexity index is 924. The zero-order valence-corrected chi connectivity index (χ0v) is 17.0. The molecule has 29 heavy (non-hydrogen) atoms. The molecule has 1 fully saturated rings. The van der Waals surface area contributed by atoms with Crippen molar-refractivity contribution in [2.24, 2.45) is 11.8 Å². The van der Waals surface area contributed by atoms with Gasteiger partial charge >= 0.3 is 0 Å². The fourth-order valence-corrected chi connectivity index (χ4v) is 3.91. The van der Waals surface area contributed by atoms with Gasteiger partial charge in [0.05, 0.1) is 0 Å². The highest BCUT2D eigenvalue weighted by Crippen LogP contribution is 2.33. The first-order valence-corrected chi connectivity index (χ1v) is 10.1. The number of hydrogen-bond acceptors (Lipinski definition) is 0. The summed E-state index contributed by atoms with van der Waals surface area (Å²) in [7, 11) is 0. The smallest absolute Gasteiger partial charge is 0.194 e. The third-order valence-electron chi connectivity index (χ3n) is 5.98. The lowest BCUT2D eigenvalue weighted by Gasteiger charge is -2.26. The maximum atomic E-state index is 14.6. The summed E-state index contributed by atoms with van der Waals surface area (Å²) in [6.07, 6.45) is 9.03. The Kier molecular flexibility index (Phi) is 6.61. The van der Waals surface area contributed by atoms with Gasteiger partial charge in [-0.25, -0.2) is 17.6 Å². The molecule has 1 saturated carbocycles. The van der Waals surface area contributed by atoms with Crippen LogP contribution in [0.2, 0.25) is 0 Å². The van der Waals surface area contributed by atoms with E-state index in [1.807, 2.05) is 13.0 Å². The Morgan fingerprint density at radius 2 is 1.45 bits per heavy atom. The Balaban J connectivity index is 1.80. The highest BCUT2D eigenvalue weighted by molar-refractivity contribution is 5.71. The fourth-order valence-electron chi connectivity index (χ4n) is 3.91. The van der Waals surface area contributed by atoms with Crippen LogP contribution in [0.5, 0.6) is 0 Å². The van der Waals surface area contributed by atoms with E-state index in [1.54, 1.807) is 6.07 Å². The molecule has 0 bridgehead atoms. The first-order valence-electron chi connectivity index (χ1n) is 10.1. The normalized spacial score (nSPS) is 20.8. The quantitative estimate of drug-likeness (QED) is 0.275. The zero-order chi connectivity index (χ0) is 21.1. The van der Waals surface area contributed by atoms with Crippen LogP contribution in [0.4, 0.5) is 17.6 Å². The second kappa shape index (κ2) is 8.98. The highest BCUT2D eigenvalue weighted by Gasteiger charge is 2.19. The zero-order valence-electron chi connectivity index (χ0n) is 17.0. The van der Waals surface area contributed by atoms with Crippen LogP contribution in [0.3, 0.4) is 0 Å². The summed E-state index contributed by atoms with van der Waals surface area (Å²) in [5.74, 6) is -3.42. The van der Waals surface area contributed by atoms with Crippen LogP contribution in [0.1, 0.15) is 52.0 Å². The molecule has 0 unspecified atom stereocenters. The van der Waals surface area contributed by atoms with Gasteiger partial charge in [0, 0.05) is 5.56 Å². The molecular formula is C25H26F4. The Hall–Kier alpha value is -2.36. The Morgan fingerprint density at radius 1 is 0.828 bits per heavy atom. The van der Waals surface area contributed by atoms with Crippen LogP contribution >= 0.6 is 0 Å². The van der Waals surface area contributed by atoms with Gasteiger partial charge in [-0.2, -0.15) is 0 Å². The van der Waals surface area contributed by atoms with Gasteiger partial charge in [0.25, 0.3) is 0 Å². The molecule has 0 N–H and O–H groups in total. The maximum Gasteiger partial charge on any atom is 0.194 e. The van der Waals surface area contributed by atoms with Crippen molar-refractivity contribution < 1.29 is 17.6 Å². The molecule has 1 aliphatic rings. The van der Waals surface area contributed by atoms with Crippen molar-refractivity contribution in [1.82, 2.24) is 0 Å². The largest absolute Gasteiger partial charge is 0.206 e. The molecule has 0 nitrogen and oxygen atoms in total. The second-order valence-electron chi connectivity index (χ2n) is 8.17. The van der Waals surface area contributed by atoms with Gasteiger partial charge in [-0.15, -0.1) is 0 Å². The molecule has 0 heterocycles. The molecule has 0 spiro atoms. The summed E-state index contributed by atoms with van der Waals surface area (Å²) < 4.78 is 54.7. The minimum atomic E-state index is -1.56. The topological polar surface area (TPSA) is 0 Å². The van der Waals surface area contributed by atoms with E-state index in [2.05, 4.69) is 19.9 Å². The number of hydrogen-bond donors (Lipinski definition) is 0. The molecule has 0 radical (unpaired) electrons. The number of halogens is 4. The monoisotopic (exact) mass is 402 g/mol. The molecule has 0 aliphatic heterocycles. The second-order valence-corrected chi connectivity index (χ2v) is 8.17. The van der Waals surface area contributed by atoms with Crippen LogP contribution in [0.25, 0.3) is 16.7 Å². The van der Waals surface area contributed by atoms with Crippen molar-refractivity contribution in [3.05, 3.63) is 76.9 Å². The summed E-state index contributed by atoms with van der Waals surface area (Å²) in [6.45, 7) is 6.34. The van der Waals surface area contributed by atoms with E-state index in [1.165, 1.54) is 43.4 Å². The standard InChI is InChI=1S/C25H26F4/c1-15-4-8-18(9-5-15)16(2)6-7-17(3)19-10-11-21(22(26)12-19)20-13-23(27)25(29)24(28)14-20/h6-7,10-15,18H,4-5,8-9H2,1-3H3/b16-6+,17-7+. The SMILES string of the molecule is C/C(=C\C=C(/C)C1CCC(C)CC1)c1ccc(-c2cc(F)c(F)c(F)c2)c(F)c1. The van der Waals surface area contributed by atoms with Crippen molar-refractivity contribution in [2.45, 2.75) is 46.5 Å². The molecule has 3 rings (SSSR count). The summed E-state index contributed by atoms with van der Waals surface area (Å²) in [6, 6.07) is 6.11. The van der Waals surface area contributed by atoms with Crippen molar-refractivity contribution in [1.29, 1.82) is 0 Å². The van der Waals surface area contributed by atoms with Crippen LogP contribution in [0.15, 0.2) is 48.1 Å². The summed E-state index contributed by atoms with van der Waals surface area (Å²) >= 11 is 0. The Labute approximate surface area is 170 Å². The van der Waals surface area contributed by atoms with Gasteiger partial charge in [0.1, 0.15) is 5.82 Å². The molecule has 0 amide bonds. The maximum absolute atomic E-state index is 14.6. The molecule has 0 atom stereocenters. The van der Waals surface area contributed by atoms with Crippen molar-refractivity contribution in [3.8, 4) is 11.1 Å².